The molecule has 0 radical (unpaired) electrons. The van der Waals surface area contributed by atoms with Crippen LogP contribution in [-0.2, 0) is 0 Å². The highest BCUT2D eigenvalue weighted by molar-refractivity contribution is 9.10. The molecule has 1 heterocycles. The Morgan fingerprint density at radius 3 is 1.97 bits per heavy atom. The van der Waals surface area contributed by atoms with E-state index in [0.29, 0.717) is 21.3 Å². The number of nitrogens with zero attached hydrogens (tertiary/aromatic N) is 2. The lowest BCUT2D eigenvalue weighted by atomic mass is 10.1. The van der Waals surface area contributed by atoms with E-state index in [1.54, 1.807) is 29.1 Å². The number of carbonyl (C=O) groups is 2. The molecule has 1 aromatic heterocycles. The number of benzene rings is 3. The SMILES string of the molecule is O=C(NNC(=O)c1cn(-c2ccccc2)nc1-c1ccccc1)c1ccccc1Br. The monoisotopic (exact) mass is 460 g/mol. The number of nitrogens with one attached hydrogen (secondary N) is 2. The lowest BCUT2D eigenvalue weighted by molar-refractivity contribution is 0.0846. The van der Waals surface area contributed by atoms with Gasteiger partial charge in [0.05, 0.1) is 16.8 Å². The van der Waals surface area contributed by atoms with Crippen LogP contribution in [0.1, 0.15) is 20.7 Å². The Morgan fingerprint density at radius 1 is 0.733 bits per heavy atom. The van der Waals surface area contributed by atoms with Crippen LogP contribution in [0.3, 0.4) is 0 Å². The summed E-state index contributed by atoms with van der Waals surface area (Å²) in [5.41, 5.74) is 7.86. The topological polar surface area (TPSA) is 76.0 Å². The fourth-order valence-electron chi connectivity index (χ4n) is 2.96. The zero-order valence-corrected chi connectivity index (χ0v) is 17.3. The molecule has 0 spiro atoms. The smallest absolute Gasteiger partial charge is 0.267 e. The van der Waals surface area contributed by atoms with Gasteiger partial charge in [-0.3, -0.25) is 20.4 Å². The van der Waals surface area contributed by atoms with E-state index < -0.39 is 11.8 Å². The molecule has 148 valence electrons. The predicted octanol–water partition coefficient (Wildman–Crippen LogP) is 4.38. The number of halogens is 1. The molecule has 0 saturated heterocycles. The summed E-state index contributed by atoms with van der Waals surface area (Å²) in [5.74, 6) is -0.885. The van der Waals surface area contributed by atoms with Gasteiger partial charge in [-0.25, -0.2) is 4.68 Å². The second-order valence-electron chi connectivity index (χ2n) is 6.43. The molecule has 0 saturated carbocycles. The highest BCUT2D eigenvalue weighted by Gasteiger charge is 2.19. The van der Waals surface area contributed by atoms with Crippen LogP contribution >= 0.6 is 15.9 Å². The van der Waals surface area contributed by atoms with Crippen LogP contribution in [0.4, 0.5) is 0 Å². The molecule has 0 fully saturated rings. The van der Waals surface area contributed by atoms with E-state index in [1.165, 1.54) is 0 Å². The summed E-state index contributed by atoms with van der Waals surface area (Å²) >= 11 is 3.33. The minimum atomic E-state index is -0.462. The third-order valence-electron chi connectivity index (χ3n) is 4.43. The average Bonchev–Trinajstić information content (AvgIpc) is 3.24. The Kier molecular flexibility index (Phi) is 5.72. The van der Waals surface area contributed by atoms with Gasteiger partial charge in [-0.2, -0.15) is 5.10 Å². The van der Waals surface area contributed by atoms with Crippen molar-refractivity contribution >= 4 is 27.7 Å². The van der Waals surface area contributed by atoms with E-state index in [1.807, 2.05) is 66.7 Å². The Bertz CT molecular complexity index is 1190. The third kappa shape index (κ3) is 4.16. The number of rotatable bonds is 4. The maximum Gasteiger partial charge on any atom is 0.273 e. The van der Waals surface area contributed by atoms with Crippen LogP contribution in [0.15, 0.2) is 95.6 Å². The van der Waals surface area contributed by atoms with Crippen LogP contribution in [0, 0.1) is 0 Å². The Morgan fingerprint density at radius 2 is 1.30 bits per heavy atom. The van der Waals surface area contributed by atoms with Crippen LogP contribution in [0.5, 0.6) is 0 Å². The Hall–Kier alpha value is -3.71. The van der Waals surface area contributed by atoms with Crippen molar-refractivity contribution in [2.24, 2.45) is 0 Å². The fraction of sp³-hybridized carbons (Fsp3) is 0. The molecule has 7 heteroatoms. The van der Waals surface area contributed by atoms with Crippen molar-refractivity contribution in [3.05, 3.63) is 107 Å². The van der Waals surface area contributed by atoms with E-state index in [9.17, 15) is 9.59 Å². The maximum atomic E-state index is 12.9. The van der Waals surface area contributed by atoms with Crippen molar-refractivity contribution in [2.75, 3.05) is 0 Å². The van der Waals surface area contributed by atoms with E-state index in [2.05, 4.69) is 31.9 Å². The highest BCUT2D eigenvalue weighted by atomic mass is 79.9. The zero-order valence-electron chi connectivity index (χ0n) is 15.7. The number of aromatic nitrogens is 2. The van der Waals surface area contributed by atoms with Gasteiger partial charge in [0.2, 0.25) is 0 Å². The molecule has 0 aliphatic heterocycles. The van der Waals surface area contributed by atoms with Crippen molar-refractivity contribution in [1.82, 2.24) is 20.6 Å². The largest absolute Gasteiger partial charge is 0.273 e. The zero-order chi connectivity index (χ0) is 20.9. The van der Waals surface area contributed by atoms with Gasteiger partial charge in [0.25, 0.3) is 11.8 Å². The predicted molar refractivity (Wildman–Crippen MR) is 118 cm³/mol. The molecule has 0 unspecified atom stereocenters. The molecule has 3 aromatic carbocycles. The molecule has 4 rings (SSSR count). The van der Waals surface area contributed by atoms with Crippen molar-refractivity contribution in [3.63, 3.8) is 0 Å². The molecule has 4 aromatic rings. The normalized spacial score (nSPS) is 10.4. The van der Waals surface area contributed by atoms with Gasteiger partial charge in [-0.1, -0.05) is 60.7 Å². The number of hydrogen-bond donors (Lipinski definition) is 2. The second-order valence-corrected chi connectivity index (χ2v) is 7.28. The summed E-state index contributed by atoms with van der Waals surface area (Å²) in [6.45, 7) is 0. The highest BCUT2D eigenvalue weighted by Crippen LogP contribution is 2.23. The lowest BCUT2D eigenvalue weighted by Crippen LogP contribution is -2.41. The molecule has 6 nitrogen and oxygen atoms in total. The first kappa shape index (κ1) is 19.6. The average molecular weight is 461 g/mol. The van der Waals surface area contributed by atoms with E-state index in [4.69, 9.17) is 0 Å². The Balaban J connectivity index is 1.62. The van der Waals surface area contributed by atoms with Crippen LogP contribution in [0.2, 0.25) is 0 Å². The van der Waals surface area contributed by atoms with Gasteiger partial charge in [0.1, 0.15) is 5.69 Å². The fourth-order valence-corrected chi connectivity index (χ4v) is 3.42. The number of hydrogen-bond acceptors (Lipinski definition) is 3. The first-order valence-electron chi connectivity index (χ1n) is 9.19. The number of hydrazine groups is 1. The molecule has 0 aliphatic carbocycles. The lowest BCUT2D eigenvalue weighted by Gasteiger charge is -2.08. The van der Waals surface area contributed by atoms with Gasteiger partial charge < -0.3 is 0 Å². The molecular weight excluding hydrogens is 444 g/mol. The van der Waals surface area contributed by atoms with Crippen LogP contribution in [0.25, 0.3) is 16.9 Å². The quantitative estimate of drug-likeness (QED) is 0.443. The van der Waals surface area contributed by atoms with E-state index in [0.717, 1.165) is 11.3 Å². The molecular formula is C23H17BrN4O2. The maximum absolute atomic E-state index is 12.9. The first-order valence-corrected chi connectivity index (χ1v) is 9.98. The number of carbonyl (C=O) groups excluding carboxylic acids is 2. The molecule has 2 amide bonds. The van der Waals surface area contributed by atoms with Gasteiger partial charge in [-0.15, -0.1) is 0 Å². The molecule has 0 atom stereocenters. The van der Waals surface area contributed by atoms with Gasteiger partial charge in [-0.05, 0) is 40.2 Å². The third-order valence-corrected chi connectivity index (χ3v) is 5.13. The number of amides is 2. The first-order chi connectivity index (χ1) is 14.6. The van der Waals surface area contributed by atoms with Crippen LogP contribution in [-0.4, -0.2) is 21.6 Å². The summed E-state index contributed by atoms with van der Waals surface area (Å²) in [4.78, 5) is 25.3. The molecule has 30 heavy (non-hydrogen) atoms. The summed E-state index contributed by atoms with van der Waals surface area (Å²) in [7, 11) is 0. The number of para-hydroxylation sites is 1. The second kappa shape index (κ2) is 8.75. The van der Waals surface area contributed by atoms with Crippen LogP contribution < -0.4 is 10.9 Å². The molecule has 0 aliphatic rings. The van der Waals surface area contributed by atoms with Gasteiger partial charge in [0, 0.05) is 16.2 Å². The van der Waals surface area contributed by atoms with E-state index in [-0.39, 0.29) is 0 Å². The summed E-state index contributed by atoms with van der Waals surface area (Å²) < 4.78 is 2.28. The summed E-state index contributed by atoms with van der Waals surface area (Å²) in [6.07, 6.45) is 1.65. The van der Waals surface area contributed by atoms with Crippen molar-refractivity contribution in [3.8, 4) is 16.9 Å². The van der Waals surface area contributed by atoms with Crippen molar-refractivity contribution in [1.29, 1.82) is 0 Å². The van der Waals surface area contributed by atoms with Crippen molar-refractivity contribution in [2.45, 2.75) is 0 Å². The summed E-state index contributed by atoms with van der Waals surface area (Å²) in [5, 5.41) is 4.61. The molecule has 2 N–H and O–H groups in total. The van der Waals surface area contributed by atoms with Gasteiger partial charge in [0.15, 0.2) is 0 Å². The molecule has 0 bridgehead atoms. The summed E-state index contributed by atoms with van der Waals surface area (Å²) in [6, 6.07) is 25.9. The van der Waals surface area contributed by atoms with Crippen molar-refractivity contribution < 1.29 is 9.59 Å². The van der Waals surface area contributed by atoms with E-state index >= 15 is 0 Å². The minimum Gasteiger partial charge on any atom is -0.267 e. The van der Waals surface area contributed by atoms with Gasteiger partial charge >= 0.3 is 0 Å². The minimum absolute atomic E-state index is 0.345. The Labute approximate surface area is 181 Å². The standard InChI is InChI=1S/C23H17BrN4O2/c24-20-14-8-7-13-18(20)22(29)25-26-23(30)19-15-28(17-11-5-2-6-12-17)27-21(19)16-9-3-1-4-10-16/h1-15H,(H,25,29)(H,26,30).